The summed E-state index contributed by atoms with van der Waals surface area (Å²) in [5.41, 5.74) is 4.23. The Morgan fingerprint density at radius 3 is 1.11 bits per heavy atom. The van der Waals surface area contributed by atoms with Gasteiger partial charge in [0.15, 0.2) is 0 Å². The number of hydrogen-bond donors (Lipinski definition) is 0. The van der Waals surface area contributed by atoms with Gasteiger partial charge in [-0.3, -0.25) is 0 Å². The summed E-state index contributed by atoms with van der Waals surface area (Å²) < 4.78 is 0. The van der Waals surface area contributed by atoms with Crippen molar-refractivity contribution in [3.05, 3.63) is 141 Å². The summed E-state index contributed by atoms with van der Waals surface area (Å²) in [5, 5.41) is 14.8. The number of hydrogen-bond acceptors (Lipinski definition) is 0. The molecule has 0 heterocycles. The molecular weight excluding hydrogens is 622 g/mol. The highest BCUT2D eigenvalue weighted by Crippen LogP contribution is 2.53. The van der Waals surface area contributed by atoms with E-state index in [-0.39, 0.29) is 0 Å². The maximum Gasteiger partial charge on any atom is 0.0498 e. The van der Waals surface area contributed by atoms with E-state index in [9.17, 15) is 0 Å². The first-order valence-electron chi connectivity index (χ1n) is 14.4. The first-order chi connectivity index (χ1) is 21.5. The summed E-state index contributed by atoms with van der Waals surface area (Å²) in [6.07, 6.45) is 0. The molecule has 0 amide bonds. The van der Waals surface area contributed by atoms with Crippen molar-refractivity contribution in [3.63, 3.8) is 0 Å². The number of halogens is 4. The third-order valence-electron chi connectivity index (χ3n) is 9.03. The van der Waals surface area contributed by atoms with E-state index in [2.05, 4.69) is 109 Å². The molecule has 0 radical (unpaired) electrons. The number of benzene rings is 9. The van der Waals surface area contributed by atoms with E-state index >= 15 is 0 Å². The summed E-state index contributed by atoms with van der Waals surface area (Å²) >= 11 is 28.7. The second-order valence-electron chi connectivity index (χ2n) is 11.4. The van der Waals surface area contributed by atoms with Crippen molar-refractivity contribution in [1.82, 2.24) is 0 Å². The third-order valence-corrected chi connectivity index (χ3v) is 10.3. The van der Waals surface area contributed by atoms with Gasteiger partial charge < -0.3 is 0 Å². The van der Waals surface area contributed by atoms with Crippen LogP contribution in [0.25, 0.3) is 86.9 Å². The van der Waals surface area contributed by atoms with Crippen LogP contribution in [0, 0.1) is 0 Å². The van der Waals surface area contributed by atoms with Crippen molar-refractivity contribution in [3.8, 4) is 22.3 Å². The topological polar surface area (TPSA) is 0 Å². The quantitative estimate of drug-likeness (QED) is 0.130. The summed E-state index contributed by atoms with van der Waals surface area (Å²) in [6.45, 7) is 0. The molecule has 0 fully saturated rings. The van der Waals surface area contributed by atoms with Gasteiger partial charge in [-0.05, 0) is 91.0 Å². The Hall–Kier alpha value is -4.04. The molecule has 9 aromatic carbocycles. The van der Waals surface area contributed by atoms with Crippen LogP contribution >= 0.6 is 46.4 Å². The van der Waals surface area contributed by atoms with Gasteiger partial charge >= 0.3 is 0 Å². The average Bonchev–Trinajstić information content (AvgIpc) is 3.05. The molecule has 0 nitrogen and oxygen atoms in total. The van der Waals surface area contributed by atoms with E-state index in [0.717, 1.165) is 65.3 Å². The van der Waals surface area contributed by atoms with Crippen molar-refractivity contribution in [2.45, 2.75) is 0 Å². The minimum absolute atomic E-state index is 0.622. The lowest BCUT2D eigenvalue weighted by atomic mass is 9.84. The van der Waals surface area contributed by atoms with E-state index in [4.69, 9.17) is 46.4 Å². The molecule has 0 N–H and O–H groups in total. The van der Waals surface area contributed by atoms with Crippen LogP contribution in [0.4, 0.5) is 0 Å². The van der Waals surface area contributed by atoms with Gasteiger partial charge in [-0.25, -0.2) is 0 Å². The van der Waals surface area contributed by atoms with Crippen molar-refractivity contribution in [1.29, 1.82) is 0 Å². The SMILES string of the molecule is Clc1ccc2c(-c3ccc4ccccc4c3)cc(Cl)c3c4c(Cl)ccc5c(-c6ccc7ccccc7c6)cc(Cl)c(c1c23)c54. The summed E-state index contributed by atoms with van der Waals surface area (Å²) in [4.78, 5) is 0. The molecule has 0 unspecified atom stereocenters. The fourth-order valence-corrected chi connectivity index (χ4v) is 8.18. The van der Waals surface area contributed by atoms with Crippen LogP contribution in [0.15, 0.2) is 121 Å². The van der Waals surface area contributed by atoms with Gasteiger partial charge in [0, 0.05) is 52.4 Å². The summed E-state index contributed by atoms with van der Waals surface area (Å²) in [6, 6.07) is 42.0. The van der Waals surface area contributed by atoms with Gasteiger partial charge in [0.25, 0.3) is 0 Å². The molecule has 0 bridgehead atoms. The Balaban J connectivity index is 1.44. The van der Waals surface area contributed by atoms with Crippen LogP contribution in [0.3, 0.4) is 0 Å². The zero-order valence-electron chi connectivity index (χ0n) is 23.1. The van der Waals surface area contributed by atoms with Crippen LogP contribution in [0.2, 0.25) is 20.1 Å². The zero-order chi connectivity index (χ0) is 29.7. The molecule has 0 aromatic heterocycles. The number of rotatable bonds is 2. The van der Waals surface area contributed by atoms with Crippen LogP contribution in [-0.2, 0) is 0 Å². The van der Waals surface area contributed by atoms with Gasteiger partial charge in [-0.1, -0.05) is 131 Å². The van der Waals surface area contributed by atoms with Gasteiger partial charge in [0.1, 0.15) is 0 Å². The van der Waals surface area contributed by atoms with Crippen molar-refractivity contribution >= 4 is 111 Å². The van der Waals surface area contributed by atoms with E-state index in [1.807, 2.05) is 12.1 Å². The molecule has 0 aliphatic heterocycles. The molecule has 0 saturated heterocycles. The molecule has 44 heavy (non-hydrogen) atoms. The van der Waals surface area contributed by atoms with Gasteiger partial charge in [0.2, 0.25) is 0 Å². The lowest BCUT2D eigenvalue weighted by Gasteiger charge is -2.21. The van der Waals surface area contributed by atoms with Gasteiger partial charge in [-0.15, -0.1) is 0 Å². The Bertz CT molecular complexity index is 2450. The monoisotopic (exact) mass is 640 g/mol. The lowest BCUT2D eigenvalue weighted by Crippen LogP contribution is -1.94. The minimum atomic E-state index is 0.622. The Morgan fingerprint density at radius 1 is 0.295 bits per heavy atom. The van der Waals surface area contributed by atoms with Gasteiger partial charge in [-0.2, -0.15) is 0 Å². The van der Waals surface area contributed by atoms with E-state index in [1.54, 1.807) is 0 Å². The predicted octanol–water partition coefficient (Wildman–Crippen LogP) is 14.0. The number of fused-ring (bicyclic) bond motifs is 4. The lowest BCUT2D eigenvalue weighted by molar-refractivity contribution is 1.69. The average molecular weight is 642 g/mol. The molecule has 9 rings (SSSR count). The van der Waals surface area contributed by atoms with Crippen LogP contribution in [-0.4, -0.2) is 0 Å². The largest absolute Gasteiger partial charge is 0.0836 e. The summed E-state index contributed by atoms with van der Waals surface area (Å²) in [5.74, 6) is 0. The standard InChI is InChI=1S/C40H20Cl4/c41-31-15-13-27-29(25-11-9-21-5-1-3-7-23(21)17-25)19-33(43)39-35(27)37(31)40-34(44)20-30(28-14-16-32(42)38(39)36(28)40)26-12-10-22-6-2-4-8-24(22)18-26/h1-20H. The van der Waals surface area contributed by atoms with Crippen molar-refractivity contribution < 1.29 is 0 Å². The maximum absolute atomic E-state index is 7.29. The molecule has 9 aromatic rings. The third kappa shape index (κ3) is 3.73. The normalized spacial score (nSPS) is 12.1. The van der Waals surface area contributed by atoms with E-state index < -0.39 is 0 Å². The Kier molecular flexibility index (Phi) is 5.83. The molecule has 4 heteroatoms. The highest BCUT2D eigenvalue weighted by atomic mass is 35.5. The molecule has 0 saturated carbocycles. The summed E-state index contributed by atoms with van der Waals surface area (Å²) in [7, 11) is 0. The molecule has 0 aliphatic carbocycles. The van der Waals surface area contributed by atoms with Crippen molar-refractivity contribution in [2.75, 3.05) is 0 Å². The fourth-order valence-electron chi connectivity index (χ4n) is 7.08. The highest BCUT2D eigenvalue weighted by molar-refractivity contribution is 6.54. The molecule has 0 aliphatic rings. The van der Waals surface area contributed by atoms with Crippen LogP contribution in [0.5, 0.6) is 0 Å². The fraction of sp³-hybridized carbons (Fsp3) is 0. The molecule has 0 atom stereocenters. The second kappa shape index (κ2) is 9.73. The first-order valence-corrected chi connectivity index (χ1v) is 15.9. The zero-order valence-corrected chi connectivity index (χ0v) is 26.1. The maximum atomic E-state index is 7.29. The second-order valence-corrected chi connectivity index (χ2v) is 13.0. The van der Waals surface area contributed by atoms with Gasteiger partial charge in [0.05, 0.1) is 0 Å². The molecular formula is C40H20Cl4. The predicted molar refractivity (Wildman–Crippen MR) is 194 cm³/mol. The highest BCUT2D eigenvalue weighted by Gasteiger charge is 2.24. The van der Waals surface area contributed by atoms with Crippen LogP contribution in [0.1, 0.15) is 0 Å². The van der Waals surface area contributed by atoms with Crippen molar-refractivity contribution in [2.24, 2.45) is 0 Å². The minimum Gasteiger partial charge on any atom is -0.0836 e. The van der Waals surface area contributed by atoms with E-state index in [0.29, 0.717) is 20.1 Å². The molecule has 0 spiro atoms. The smallest absolute Gasteiger partial charge is 0.0498 e. The Labute approximate surface area is 273 Å². The molecule has 208 valence electrons. The van der Waals surface area contributed by atoms with E-state index in [1.165, 1.54) is 21.5 Å². The van der Waals surface area contributed by atoms with Crippen LogP contribution < -0.4 is 0 Å². The Morgan fingerprint density at radius 2 is 0.682 bits per heavy atom. The first kappa shape index (κ1) is 26.4.